The molecule has 1 amide bonds. The van der Waals surface area contributed by atoms with Crippen LogP contribution in [0.3, 0.4) is 0 Å². The summed E-state index contributed by atoms with van der Waals surface area (Å²) in [4.78, 5) is 17.0. The highest BCUT2D eigenvalue weighted by Gasteiger charge is 2.11. The van der Waals surface area contributed by atoms with Crippen LogP contribution in [0.1, 0.15) is 21.5 Å². The molecule has 27 heavy (non-hydrogen) atoms. The van der Waals surface area contributed by atoms with Crippen molar-refractivity contribution in [3.05, 3.63) is 89.9 Å². The number of fused-ring (bicyclic) bond motifs is 1. The van der Waals surface area contributed by atoms with Crippen LogP contribution in [-0.2, 0) is 6.54 Å². The summed E-state index contributed by atoms with van der Waals surface area (Å²) in [7, 11) is 0. The number of hydrogen-bond donors (Lipinski definition) is 2. The summed E-state index contributed by atoms with van der Waals surface area (Å²) in [5.41, 5.74) is 4.13. The van der Waals surface area contributed by atoms with Crippen LogP contribution in [0.5, 0.6) is 5.75 Å². The molecule has 0 fully saturated rings. The van der Waals surface area contributed by atoms with Gasteiger partial charge in [0.2, 0.25) is 0 Å². The number of carbonyl (C=O) groups excluding carboxylic acids is 1. The number of aromatic hydroxyl groups is 1. The third-order valence-corrected chi connectivity index (χ3v) is 4.57. The van der Waals surface area contributed by atoms with Gasteiger partial charge in [-0.1, -0.05) is 6.07 Å². The molecule has 134 valence electrons. The summed E-state index contributed by atoms with van der Waals surface area (Å²) in [6.07, 6.45) is 5.93. The van der Waals surface area contributed by atoms with E-state index in [1.807, 2.05) is 49.8 Å². The molecule has 4 rings (SSSR count). The van der Waals surface area contributed by atoms with E-state index in [-0.39, 0.29) is 11.7 Å². The Morgan fingerprint density at radius 3 is 2.59 bits per heavy atom. The van der Waals surface area contributed by atoms with Crippen LogP contribution >= 0.6 is 0 Å². The van der Waals surface area contributed by atoms with Gasteiger partial charge in [0.05, 0.1) is 5.52 Å². The first-order valence-electron chi connectivity index (χ1n) is 8.69. The third kappa shape index (κ3) is 3.53. The van der Waals surface area contributed by atoms with Crippen LogP contribution in [0, 0.1) is 6.92 Å². The van der Waals surface area contributed by atoms with E-state index in [1.54, 1.807) is 12.1 Å². The van der Waals surface area contributed by atoms with Crippen molar-refractivity contribution < 1.29 is 9.90 Å². The minimum Gasteiger partial charge on any atom is -0.508 e. The number of phenols is 1. The predicted octanol–water partition coefficient (Wildman–Crippen LogP) is 4.35. The van der Waals surface area contributed by atoms with Gasteiger partial charge < -0.3 is 15.0 Å². The number of anilines is 1. The second kappa shape index (κ2) is 6.96. The zero-order chi connectivity index (χ0) is 18.8. The number of nitrogens with zero attached hydrogens (tertiary/aromatic N) is 2. The lowest BCUT2D eigenvalue weighted by molar-refractivity contribution is 0.102. The molecule has 2 aromatic carbocycles. The highest BCUT2D eigenvalue weighted by atomic mass is 16.3. The molecule has 0 aliphatic rings. The topological polar surface area (TPSA) is 67.2 Å². The smallest absolute Gasteiger partial charge is 0.255 e. The van der Waals surface area contributed by atoms with Crippen LogP contribution < -0.4 is 5.32 Å². The fourth-order valence-electron chi connectivity index (χ4n) is 3.11. The maximum absolute atomic E-state index is 12.4. The quantitative estimate of drug-likeness (QED) is 0.570. The molecular formula is C22H19N3O2. The molecule has 2 aromatic heterocycles. The summed E-state index contributed by atoms with van der Waals surface area (Å²) in [6, 6.07) is 16.2. The van der Waals surface area contributed by atoms with Crippen LogP contribution in [0.25, 0.3) is 10.9 Å². The number of benzene rings is 2. The largest absolute Gasteiger partial charge is 0.508 e. The lowest BCUT2D eigenvalue weighted by Crippen LogP contribution is -2.12. The molecular weight excluding hydrogens is 338 g/mol. The van der Waals surface area contributed by atoms with Crippen molar-refractivity contribution in [1.82, 2.24) is 9.55 Å². The van der Waals surface area contributed by atoms with Crippen LogP contribution in [0.15, 0.2) is 73.2 Å². The molecule has 0 spiro atoms. The molecule has 0 saturated heterocycles. The van der Waals surface area contributed by atoms with Gasteiger partial charge in [-0.25, -0.2) is 0 Å². The minimum absolute atomic E-state index is 0.133. The first kappa shape index (κ1) is 16.8. The Balaban J connectivity index is 1.60. The Morgan fingerprint density at radius 1 is 1.11 bits per heavy atom. The van der Waals surface area contributed by atoms with Crippen LogP contribution in [-0.4, -0.2) is 20.6 Å². The number of rotatable bonds is 4. The lowest BCUT2D eigenvalue weighted by atomic mass is 10.1. The number of amides is 1. The molecule has 0 atom stereocenters. The van der Waals surface area contributed by atoms with E-state index in [0.717, 1.165) is 34.3 Å². The fourth-order valence-corrected chi connectivity index (χ4v) is 3.11. The second-order valence-corrected chi connectivity index (χ2v) is 6.51. The van der Waals surface area contributed by atoms with E-state index in [1.165, 1.54) is 12.1 Å². The fraction of sp³-hybridized carbons (Fsp3) is 0.0909. The Hall–Kier alpha value is -3.60. The van der Waals surface area contributed by atoms with E-state index < -0.39 is 0 Å². The van der Waals surface area contributed by atoms with Gasteiger partial charge in [0, 0.05) is 41.8 Å². The molecule has 4 aromatic rings. The van der Waals surface area contributed by atoms with Gasteiger partial charge in [0.15, 0.2) is 0 Å². The maximum Gasteiger partial charge on any atom is 0.255 e. The molecule has 0 unspecified atom stereocenters. The highest BCUT2D eigenvalue weighted by Crippen LogP contribution is 2.25. The maximum atomic E-state index is 12.4. The number of aromatic nitrogens is 2. The number of carbonyl (C=O) groups is 1. The number of nitrogens with one attached hydrogen (secondary N) is 1. The second-order valence-electron chi connectivity index (χ2n) is 6.51. The van der Waals surface area contributed by atoms with Crippen molar-refractivity contribution in [3.8, 4) is 5.75 Å². The third-order valence-electron chi connectivity index (χ3n) is 4.57. The Kier molecular flexibility index (Phi) is 4.34. The van der Waals surface area contributed by atoms with Gasteiger partial charge in [-0.15, -0.1) is 0 Å². The SMILES string of the molecule is Cc1c(NC(=O)c2ccc(O)cc2)ccc2cc(Cn3cccc3)cnc12. The van der Waals surface area contributed by atoms with Crippen LogP contribution in [0.4, 0.5) is 5.69 Å². The van der Waals surface area contributed by atoms with E-state index in [0.29, 0.717) is 5.56 Å². The summed E-state index contributed by atoms with van der Waals surface area (Å²) < 4.78 is 2.10. The Labute approximate surface area is 156 Å². The number of pyridine rings is 1. The number of phenolic OH excluding ortho intramolecular Hbond substituents is 1. The van der Waals surface area contributed by atoms with E-state index >= 15 is 0 Å². The van der Waals surface area contributed by atoms with Crippen molar-refractivity contribution in [2.75, 3.05) is 5.32 Å². The van der Waals surface area contributed by atoms with Gasteiger partial charge in [0.1, 0.15) is 5.75 Å². The summed E-state index contributed by atoms with van der Waals surface area (Å²) >= 11 is 0. The molecule has 0 bridgehead atoms. The van der Waals surface area contributed by atoms with Crippen molar-refractivity contribution in [2.24, 2.45) is 0 Å². The lowest BCUT2D eigenvalue weighted by Gasteiger charge is -2.12. The molecule has 5 heteroatoms. The normalized spacial score (nSPS) is 10.9. The standard InChI is InChI=1S/C22H19N3O2/c1-15-20(24-22(27)17-4-7-19(26)8-5-17)9-6-18-12-16(13-23-21(15)18)14-25-10-2-3-11-25/h2-13,26H,14H2,1H3,(H,24,27). The van der Waals surface area contributed by atoms with Gasteiger partial charge in [0.25, 0.3) is 5.91 Å². The summed E-state index contributed by atoms with van der Waals surface area (Å²) in [5.74, 6) is -0.0879. The van der Waals surface area contributed by atoms with Crippen molar-refractivity contribution in [1.29, 1.82) is 0 Å². The van der Waals surface area contributed by atoms with E-state index in [9.17, 15) is 9.90 Å². The summed E-state index contributed by atoms with van der Waals surface area (Å²) in [6.45, 7) is 2.72. The minimum atomic E-state index is -0.221. The molecule has 0 aliphatic carbocycles. The van der Waals surface area contributed by atoms with Crippen molar-refractivity contribution in [2.45, 2.75) is 13.5 Å². The molecule has 2 heterocycles. The van der Waals surface area contributed by atoms with Gasteiger partial charge in [-0.3, -0.25) is 9.78 Å². The zero-order valence-corrected chi connectivity index (χ0v) is 14.9. The highest BCUT2D eigenvalue weighted by molar-refractivity contribution is 6.06. The molecule has 0 saturated carbocycles. The molecule has 0 aliphatic heterocycles. The van der Waals surface area contributed by atoms with Crippen molar-refractivity contribution >= 4 is 22.5 Å². The predicted molar refractivity (Wildman–Crippen MR) is 106 cm³/mol. The molecule has 5 nitrogen and oxygen atoms in total. The Bertz CT molecular complexity index is 1100. The van der Waals surface area contributed by atoms with E-state index in [2.05, 4.69) is 20.9 Å². The first-order valence-corrected chi connectivity index (χ1v) is 8.69. The molecule has 0 radical (unpaired) electrons. The average Bonchev–Trinajstić information content (AvgIpc) is 3.17. The van der Waals surface area contributed by atoms with E-state index in [4.69, 9.17) is 0 Å². The first-order chi connectivity index (χ1) is 13.1. The number of aryl methyl sites for hydroxylation is 1. The summed E-state index contributed by atoms with van der Waals surface area (Å²) in [5, 5.41) is 13.3. The Morgan fingerprint density at radius 2 is 1.85 bits per heavy atom. The monoisotopic (exact) mass is 357 g/mol. The average molecular weight is 357 g/mol. The van der Waals surface area contributed by atoms with Crippen LogP contribution in [0.2, 0.25) is 0 Å². The van der Waals surface area contributed by atoms with Gasteiger partial charge in [-0.05, 0) is 66.6 Å². The molecule has 2 N–H and O–H groups in total. The van der Waals surface area contributed by atoms with Gasteiger partial charge >= 0.3 is 0 Å². The van der Waals surface area contributed by atoms with Crippen molar-refractivity contribution in [3.63, 3.8) is 0 Å². The zero-order valence-electron chi connectivity index (χ0n) is 14.9. The van der Waals surface area contributed by atoms with Gasteiger partial charge in [-0.2, -0.15) is 0 Å². The number of hydrogen-bond acceptors (Lipinski definition) is 3.